The predicted molar refractivity (Wildman–Crippen MR) is 98.5 cm³/mol. The van der Waals surface area contributed by atoms with Crippen LogP contribution in [0, 0.1) is 6.92 Å². The lowest BCUT2D eigenvalue weighted by Crippen LogP contribution is -2.23. The molecule has 0 fully saturated rings. The Morgan fingerprint density at radius 1 is 1.32 bits per heavy atom. The van der Waals surface area contributed by atoms with Gasteiger partial charge in [-0.15, -0.1) is 0 Å². The van der Waals surface area contributed by atoms with Crippen LogP contribution in [0.1, 0.15) is 23.0 Å². The van der Waals surface area contributed by atoms with Crippen LogP contribution < -0.4 is 10.1 Å². The number of aryl methyl sites for hydroxylation is 1. The van der Waals surface area contributed by atoms with Crippen molar-refractivity contribution in [1.29, 1.82) is 0 Å². The molecule has 1 aromatic carbocycles. The summed E-state index contributed by atoms with van der Waals surface area (Å²) in [6.07, 6.45) is 2.50. The highest BCUT2D eigenvalue weighted by molar-refractivity contribution is 7.93. The summed E-state index contributed by atoms with van der Waals surface area (Å²) in [6.45, 7) is 4.42. The summed E-state index contributed by atoms with van der Waals surface area (Å²) in [4.78, 5) is 15.5. The van der Waals surface area contributed by atoms with E-state index in [1.807, 2.05) is 38.1 Å². The second-order valence-electron chi connectivity index (χ2n) is 5.56. The molecular formula is C18H22N2O4S. The van der Waals surface area contributed by atoms with Crippen LogP contribution in [-0.4, -0.2) is 38.7 Å². The zero-order valence-electron chi connectivity index (χ0n) is 14.5. The zero-order chi connectivity index (χ0) is 18.4. The molecule has 134 valence electrons. The van der Waals surface area contributed by atoms with Crippen molar-refractivity contribution in [3.8, 4) is 17.0 Å². The number of hydrogen-bond donors (Lipinski definition) is 2. The number of carbonyl (C=O) groups excluding carboxylic acids is 1. The van der Waals surface area contributed by atoms with Crippen molar-refractivity contribution in [2.45, 2.75) is 13.8 Å². The van der Waals surface area contributed by atoms with E-state index in [1.165, 1.54) is 6.08 Å². The Kier molecular flexibility index (Phi) is 6.03. The van der Waals surface area contributed by atoms with Crippen molar-refractivity contribution >= 4 is 15.7 Å². The van der Waals surface area contributed by atoms with Crippen molar-refractivity contribution < 1.29 is 17.9 Å². The first-order valence-corrected chi connectivity index (χ1v) is 9.84. The van der Waals surface area contributed by atoms with E-state index in [1.54, 1.807) is 6.07 Å². The first kappa shape index (κ1) is 18.8. The maximum atomic E-state index is 12.3. The van der Waals surface area contributed by atoms with Crippen LogP contribution >= 0.6 is 0 Å². The fraction of sp³-hybridized carbons (Fsp3) is 0.278. The van der Waals surface area contributed by atoms with Gasteiger partial charge in [-0.2, -0.15) is 0 Å². The number of ether oxygens (including phenoxy) is 1. The Balaban J connectivity index is 2.17. The minimum atomic E-state index is -3.19. The van der Waals surface area contributed by atoms with Crippen LogP contribution in [0.25, 0.3) is 11.3 Å². The number of aromatic amines is 1. The molecule has 2 N–H and O–H groups in total. The van der Waals surface area contributed by atoms with Crippen LogP contribution in [0.15, 0.2) is 41.8 Å². The number of rotatable bonds is 7. The average Bonchev–Trinajstić information content (AvgIpc) is 2.93. The van der Waals surface area contributed by atoms with E-state index in [0.717, 1.165) is 34.4 Å². The Bertz CT molecular complexity index is 882. The molecular weight excluding hydrogens is 340 g/mol. The maximum absolute atomic E-state index is 12.3. The SMILES string of the molecule is CCOc1ccccc1-c1cc(C(=O)NC/C=C/S(C)(=O)=O)c(C)[nH]1. The molecule has 0 atom stereocenters. The van der Waals surface area contributed by atoms with Gasteiger partial charge in [-0.25, -0.2) is 8.42 Å². The number of para-hydroxylation sites is 1. The lowest BCUT2D eigenvalue weighted by molar-refractivity contribution is 0.0957. The molecule has 0 saturated carbocycles. The lowest BCUT2D eigenvalue weighted by Gasteiger charge is -2.08. The Labute approximate surface area is 147 Å². The summed E-state index contributed by atoms with van der Waals surface area (Å²) >= 11 is 0. The van der Waals surface area contributed by atoms with E-state index < -0.39 is 9.84 Å². The molecule has 6 nitrogen and oxygen atoms in total. The Morgan fingerprint density at radius 3 is 2.72 bits per heavy atom. The van der Waals surface area contributed by atoms with Gasteiger partial charge in [0, 0.05) is 29.5 Å². The molecule has 0 radical (unpaired) electrons. The molecule has 0 aliphatic heterocycles. The summed E-state index contributed by atoms with van der Waals surface area (Å²) in [7, 11) is -3.19. The molecule has 0 aliphatic rings. The normalized spacial score (nSPS) is 11.6. The first-order valence-electron chi connectivity index (χ1n) is 7.88. The minimum absolute atomic E-state index is 0.140. The third kappa shape index (κ3) is 5.22. The highest BCUT2D eigenvalue weighted by Gasteiger charge is 2.15. The summed E-state index contributed by atoms with van der Waals surface area (Å²) in [6, 6.07) is 9.37. The van der Waals surface area contributed by atoms with Crippen LogP contribution in [0.4, 0.5) is 0 Å². The van der Waals surface area contributed by atoms with Gasteiger partial charge in [0.1, 0.15) is 5.75 Å². The lowest BCUT2D eigenvalue weighted by atomic mass is 10.1. The van der Waals surface area contributed by atoms with Crippen molar-refractivity contribution in [1.82, 2.24) is 10.3 Å². The molecule has 1 amide bonds. The van der Waals surface area contributed by atoms with Gasteiger partial charge in [0.25, 0.3) is 5.91 Å². The van der Waals surface area contributed by atoms with Gasteiger partial charge in [0.05, 0.1) is 17.9 Å². The van der Waals surface area contributed by atoms with E-state index in [2.05, 4.69) is 10.3 Å². The molecule has 0 spiro atoms. The monoisotopic (exact) mass is 362 g/mol. The number of benzene rings is 1. The second kappa shape index (κ2) is 8.02. The molecule has 7 heteroatoms. The number of hydrogen-bond acceptors (Lipinski definition) is 4. The second-order valence-corrected chi connectivity index (χ2v) is 7.49. The Hall–Kier alpha value is -2.54. The summed E-state index contributed by atoms with van der Waals surface area (Å²) in [5.74, 6) is 0.473. The van der Waals surface area contributed by atoms with Gasteiger partial charge in [-0.05, 0) is 32.0 Å². The Morgan fingerprint density at radius 2 is 2.04 bits per heavy atom. The van der Waals surface area contributed by atoms with Crippen LogP contribution in [0.3, 0.4) is 0 Å². The zero-order valence-corrected chi connectivity index (χ0v) is 15.3. The summed E-state index contributed by atoms with van der Waals surface area (Å²) < 4.78 is 27.7. The first-order chi connectivity index (χ1) is 11.8. The maximum Gasteiger partial charge on any atom is 0.253 e. The van der Waals surface area contributed by atoms with E-state index in [0.29, 0.717) is 12.2 Å². The molecule has 2 aromatic rings. The average molecular weight is 362 g/mol. The molecule has 0 bridgehead atoms. The van der Waals surface area contributed by atoms with Gasteiger partial charge < -0.3 is 15.0 Å². The largest absolute Gasteiger partial charge is 0.493 e. The van der Waals surface area contributed by atoms with Gasteiger partial charge in [-0.3, -0.25) is 4.79 Å². The minimum Gasteiger partial charge on any atom is -0.493 e. The molecule has 1 heterocycles. The van der Waals surface area contributed by atoms with Crippen LogP contribution in [0.2, 0.25) is 0 Å². The third-order valence-electron chi connectivity index (χ3n) is 3.46. The number of aromatic nitrogens is 1. The highest BCUT2D eigenvalue weighted by atomic mass is 32.2. The number of sulfone groups is 1. The quantitative estimate of drug-likeness (QED) is 0.793. The van der Waals surface area contributed by atoms with E-state index >= 15 is 0 Å². The van der Waals surface area contributed by atoms with Crippen molar-refractivity contribution in [3.05, 3.63) is 53.1 Å². The standard InChI is InChI=1S/C18H22N2O4S/c1-4-24-17-9-6-5-8-14(17)16-12-15(13(2)20-16)18(21)19-10-7-11-25(3,22)23/h5-9,11-12,20H,4,10H2,1-3H3,(H,19,21)/b11-7+. The summed E-state index contributed by atoms with van der Waals surface area (Å²) in [5.41, 5.74) is 2.90. The molecule has 25 heavy (non-hydrogen) atoms. The van der Waals surface area contributed by atoms with Crippen molar-refractivity contribution in [3.63, 3.8) is 0 Å². The van der Waals surface area contributed by atoms with Gasteiger partial charge >= 0.3 is 0 Å². The third-order valence-corrected chi connectivity index (χ3v) is 4.15. The topological polar surface area (TPSA) is 88.3 Å². The van der Waals surface area contributed by atoms with Crippen molar-refractivity contribution in [2.24, 2.45) is 0 Å². The molecule has 0 saturated heterocycles. The predicted octanol–water partition coefficient (Wildman–Crippen LogP) is 2.68. The number of carbonyl (C=O) groups is 1. The van der Waals surface area contributed by atoms with Crippen molar-refractivity contribution in [2.75, 3.05) is 19.4 Å². The number of amides is 1. The summed E-state index contributed by atoms with van der Waals surface area (Å²) in [5, 5.41) is 3.75. The molecule has 0 aliphatic carbocycles. The molecule has 1 aromatic heterocycles. The fourth-order valence-electron chi connectivity index (χ4n) is 2.38. The van der Waals surface area contributed by atoms with E-state index in [4.69, 9.17) is 4.74 Å². The van der Waals surface area contributed by atoms with Gasteiger partial charge in [-0.1, -0.05) is 18.2 Å². The van der Waals surface area contributed by atoms with Crippen LogP contribution in [0.5, 0.6) is 5.75 Å². The van der Waals surface area contributed by atoms with Gasteiger partial charge in [0.15, 0.2) is 9.84 Å². The fourth-order valence-corrected chi connectivity index (χ4v) is 2.83. The van der Waals surface area contributed by atoms with Crippen LogP contribution in [-0.2, 0) is 9.84 Å². The van der Waals surface area contributed by atoms with Gasteiger partial charge in [0.2, 0.25) is 0 Å². The van der Waals surface area contributed by atoms with E-state index in [9.17, 15) is 13.2 Å². The number of H-pyrrole nitrogens is 1. The highest BCUT2D eigenvalue weighted by Crippen LogP contribution is 2.30. The van der Waals surface area contributed by atoms with E-state index in [-0.39, 0.29) is 12.5 Å². The molecule has 2 rings (SSSR count). The smallest absolute Gasteiger partial charge is 0.253 e. The molecule has 0 unspecified atom stereocenters. The number of nitrogens with one attached hydrogen (secondary N) is 2.